The summed E-state index contributed by atoms with van der Waals surface area (Å²) in [6.07, 6.45) is 0.529. The third-order valence-electron chi connectivity index (χ3n) is 4.93. The van der Waals surface area contributed by atoms with Gasteiger partial charge in [0.25, 0.3) is 11.8 Å². The van der Waals surface area contributed by atoms with Crippen LogP contribution in [0.4, 0.5) is 0 Å². The Bertz CT molecular complexity index is 790. The molecule has 8 heteroatoms. The molecule has 2 atom stereocenters. The molecule has 0 saturated carbocycles. The topological polar surface area (TPSA) is 88.0 Å². The molecule has 2 N–H and O–H groups in total. The second-order valence-electron chi connectivity index (χ2n) is 8.08. The average Bonchev–Trinajstić information content (AvgIpc) is 2.98. The normalized spacial score (nSPS) is 19.4. The van der Waals surface area contributed by atoms with Crippen molar-refractivity contribution in [3.05, 3.63) is 35.4 Å². The molecule has 1 heterocycles. The molecule has 1 aliphatic rings. The molecule has 1 aromatic rings. The second-order valence-corrected chi connectivity index (χ2v) is 10.3. The molecular formula is C20H32N3O4S+. The van der Waals surface area contributed by atoms with E-state index in [1.807, 2.05) is 33.0 Å². The Labute approximate surface area is 168 Å². The minimum absolute atomic E-state index is 0.00437. The summed E-state index contributed by atoms with van der Waals surface area (Å²) in [5.74, 6) is 0.393. The Morgan fingerprint density at radius 1 is 1.25 bits per heavy atom. The van der Waals surface area contributed by atoms with Crippen molar-refractivity contribution in [2.45, 2.75) is 32.9 Å². The van der Waals surface area contributed by atoms with Gasteiger partial charge in [0, 0.05) is 30.8 Å². The number of benzene rings is 1. The summed E-state index contributed by atoms with van der Waals surface area (Å²) in [4.78, 5) is 27.3. The molecule has 1 saturated heterocycles. The van der Waals surface area contributed by atoms with E-state index in [2.05, 4.69) is 5.32 Å². The minimum atomic E-state index is -3.03. The van der Waals surface area contributed by atoms with Gasteiger partial charge in [-0.1, -0.05) is 26.0 Å². The van der Waals surface area contributed by atoms with Crippen molar-refractivity contribution in [3.63, 3.8) is 0 Å². The molecule has 0 bridgehead atoms. The Morgan fingerprint density at radius 2 is 1.89 bits per heavy atom. The van der Waals surface area contributed by atoms with Crippen LogP contribution in [0.1, 0.15) is 36.2 Å². The number of amides is 2. The smallest absolute Gasteiger partial charge is 0.278 e. The van der Waals surface area contributed by atoms with E-state index in [1.54, 1.807) is 24.1 Å². The summed E-state index contributed by atoms with van der Waals surface area (Å²) in [5.41, 5.74) is 1.64. The summed E-state index contributed by atoms with van der Waals surface area (Å²) in [6.45, 7) is 5.61. The molecule has 2 rings (SSSR count). The summed E-state index contributed by atoms with van der Waals surface area (Å²) in [6, 6.07) is 7.14. The second kappa shape index (κ2) is 9.52. The van der Waals surface area contributed by atoms with Crippen molar-refractivity contribution in [3.8, 4) is 0 Å². The van der Waals surface area contributed by atoms with Crippen molar-refractivity contribution in [1.82, 2.24) is 10.2 Å². The highest BCUT2D eigenvalue weighted by Crippen LogP contribution is 2.19. The van der Waals surface area contributed by atoms with Crippen LogP contribution in [-0.4, -0.2) is 69.9 Å². The van der Waals surface area contributed by atoms with Crippen LogP contribution in [0.2, 0.25) is 0 Å². The molecule has 28 heavy (non-hydrogen) atoms. The number of carbonyl (C=O) groups excluding carboxylic acids is 2. The zero-order chi connectivity index (χ0) is 20.9. The quantitative estimate of drug-likeness (QED) is 0.618. The average molecular weight is 411 g/mol. The molecule has 7 nitrogen and oxygen atoms in total. The van der Waals surface area contributed by atoms with Crippen molar-refractivity contribution in [1.29, 1.82) is 0 Å². The van der Waals surface area contributed by atoms with E-state index in [-0.39, 0.29) is 35.3 Å². The predicted octanol–water partition coefficient (Wildman–Crippen LogP) is -0.267. The monoisotopic (exact) mass is 410 g/mol. The first kappa shape index (κ1) is 22.4. The first-order valence-electron chi connectivity index (χ1n) is 9.73. The maximum Gasteiger partial charge on any atom is 0.278 e. The van der Waals surface area contributed by atoms with E-state index in [0.29, 0.717) is 31.6 Å². The number of rotatable bonds is 8. The Hall–Kier alpha value is -1.93. The molecule has 0 spiro atoms. The van der Waals surface area contributed by atoms with Gasteiger partial charge in [0.05, 0.1) is 18.6 Å². The standard InChI is InChI=1S/C20H31N3O4S/c1-15(2)11-23(18-9-10-28(26,27)14-18)19(24)13-22(4)12-16-5-7-17(8-6-16)20(25)21-3/h5-8,15,18H,9-14H2,1-4H3,(H,21,25)/p+1/t18-/m0/s1. The van der Waals surface area contributed by atoms with Gasteiger partial charge in [-0.2, -0.15) is 0 Å². The zero-order valence-corrected chi connectivity index (χ0v) is 18.0. The number of nitrogens with zero attached hydrogens (tertiary/aromatic N) is 1. The summed E-state index contributed by atoms with van der Waals surface area (Å²) < 4.78 is 23.7. The third kappa shape index (κ3) is 6.31. The van der Waals surface area contributed by atoms with E-state index < -0.39 is 9.84 Å². The van der Waals surface area contributed by atoms with Crippen LogP contribution in [0.5, 0.6) is 0 Å². The molecule has 1 fully saturated rings. The number of hydrogen-bond donors (Lipinski definition) is 2. The highest BCUT2D eigenvalue weighted by atomic mass is 32.2. The van der Waals surface area contributed by atoms with Crippen molar-refractivity contribution in [2.24, 2.45) is 5.92 Å². The lowest BCUT2D eigenvalue weighted by Crippen LogP contribution is -3.09. The Balaban J connectivity index is 1.99. The first-order chi connectivity index (χ1) is 13.1. The molecule has 1 aromatic carbocycles. The van der Waals surface area contributed by atoms with Crippen LogP contribution in [-0.2, 0) is 21.2 Å². The van der Waals surface area contributed by atoms with E-state index in [4.69, 9.17) is 0 Å². The fraction of sp³-hybridized carbons (Fsp3) is 0.600. The highest BCUT2D eigenvalue weighted by molar-refractivity contribution is 7.91. The molecule has 2 amide bonds. The molecule has 1 aliphatic heterocycles. The van der Waals surface area contributed by atoms with Gasteiger partial charge >= 0.3 is 0 Å². The zero-order valence-electron chi connectivity index (χ0n) is 17.2. The van der Waals surface area contributed by atoms with Gasteiger partial charge < -0.3 is 15.1 Å². The summed E-state index contributed by atoms with van der Waals surface area (Å²) in [7, 11) is 0.510. The van der Waals surface area contributed by atoms with E-state index in [1.165, 1.54) is 0 Å². The molecule has 156 valence electrons. The molecule has 0 aliphatic carbocycles. The molecule has 0 aromatic heterocycles. The number of likely N-dealkylation sites (N-methyl/N-ethyl adjacent to an activating group) is 1. The van der Waals surface area contributed by atoms with Gasteiger partial charge in [-0.05, 0) is 24.5 Å². The van der Waals surface area contributed by atoms with Crippen LogP contribution < -0.4 is 10.2 Å². The predicted molar refractivity (Wildman–Crippen MR) is 109 cm³/mol. The highest BCUT2D eigenvalue weighted by Gasteiger charge is 2.35. The van der Waals surface area contributed by atoms with Crippen molar-refractivity contribution < 1.29 is 22.9 Å². The Kier molecular flexibility index (Phi) is 7.60. The van der Waals surface area contributed by atoms with Crippen LogP contribution in [0.15, 0.2) is 24.3 Å². The minimum Gasteiger partial charge on any atom is -0.355 e. The van der Waals surface area contributed by atoms with Gasteiger partial charge in [-0.3, -0.25) is 9.59 Å². The van der Waals surface area contributed by atoms with Gasteiger partial charge in [0.15, 0.2) is 16.4 Å². The van der Waals surface area contributed by atoms with Gasteiger partial charge in [0.2, 0.25) is 0 Å². The third-order valence-corrected chi connectivity index (χ3v) is 6.68. The van der Waals surface area contributed by atoms with Crippen LogP contribution in [0.3, 0.4) is 0 Å². The summed E-state index contributed by atoms with van der Waals surface area (Å²) in [5, 5.41) is 2.59. The van der Waals surface area contributed by atoms with Gasteiger partial charge in [0.1, 0.15) is 6.54 Å². The number of nitrogens with one attached hydrogen (secondary N) is 2. The number of hydrogen-bond acceptors (Lipinski definition) is 4. The first-order valence-corrected chi connectivity index (χ1v) is 11.6. The molecular weight excluding hydrogens is 378 g/mol. The maximum atomic E-state index is 12.9. The van der Waals surface area contributed by atoms with Crippen molar-refractivity contribution in [2.75, 3.05) is 38.7 Å². The largest absolute Gasteiger partial charge is 0.355 e. The van der Waals surface area contributed by atoms with Gasteiger partial charge in [-0.25, -0.2) is 8.42 Å². The van der Waals surface area contributed by atoms with Crippen LogP contribution >= 0.6 is 0 Å². The fourth-order valence-corrected chi connectivity index (χ4v) is 5.29. The van der Waals surface area contributed by atoms with E-state index in [0.717, 1.165) is 10.5 Å². The molecule has 0 radical (unpaired) electrons. The SMILES string of the molecule is CNC(=O)c1ccc(C[NH+](C)CC(=O)N(CC(C)C)[C@H]2CCS(=O)(=O)C2)cc1. The van der Waals surface area contributed by atoms with E-state index in [9.17, 15) is 18.0 Å². The number of sulfone groups is 1. The summed E-state index contributed by atoms with van der Waals surface area (Å²) >= 11 is 0. The maximum absolute atomic E-state index is 12.9. The molecule has 1 unspecified atom stereocenters. The van der Waals surface area contributed by atoms with Crippen LogP contribution in [0.25, 0.3) is 0 Å². The lowest BCUT2D eigenvalue weighted by molar-refractivity contribution is -0.885. The number of carbonyl (C=O) groups is 2. The lowest BCUT2D eigenvalue weighted by Gasteiger charge is -2.30. The Morgan fingerprint density at radius 3 is 2.39 bits per heavy atom. The fourth-order valence-electron chi connectivity index (χ4n) is 3.56. The number of quaternary nitrogens is 1. The van der Waals surface area contributed by atoms with Gasteiger partial charge in [-0.15, -0.1) is 0 Å². The van der Waals surface area contributed by atoms with Crippen LogP contribution in [0, 0.1) is 5.92 Å². The lowest BCUT2D eigenvalue weighted by atomic mass is 10.1. The van der Waals surface area contributed by atoms with E-state index >= 15 is 0 Å². The van der Waals surface area contributed by atoms with Crippen molar-refractivity contribution >= 4 is 21.7 Å².